The predicted molar refractivity (Wildman–Crippen MR) is 119 cm³/mol. The molecule has 7 heteroatoms. The first-order valence-electron chi connectivity index (χ1n) is 9.65. The fourth-order valence-corrected chi connectivity index (χ4v) is 2.75. The maximum Gasteiger partial charge on any atom is 0.262 e. The van der Waals surface area contributed by atoms with Crippen molar-refractivity contribution in [3.05, 3.63) is 90.0 Å². The molecule has 0 heterocycles. The normalized spacial score (nSPS) is 10.5. The van der Waals surface area contributed by atoms with Crippen LogP contribution in [0.5, 0.6) is 11.5 Å². The minimum Gasteiger partial charge on any atom is -0.493 e. The average molecular weight is 417 g/mol. The van der Waals surface area contributed by atoms with Gasteiger partial charge in [-0.1, -0.05) is 48.5 Å². The van der Waals surface area contributed by atoms with E-state index < -0.39 is 0 Å². The van der Waals surface area contributed by atoms with E-state index in [1.165, 1.54) is 13.3 Å². The molecule has 0 saturated heterocycles. The van der Waals surface area contributed by atoms with Gasteiger partial charge in [-0.05, 0) is 41.5 Å². The number of carbonyl (C=O) groups excluding carboxylic acids is 2. The Balaban J connectivity index is 1.52. The second-order valence-corrected chi connectivity index (χ2v) is 6.57. The fourth-order valence-electron chi connectivity index (χ4n) is 2.75. The van der Waals surface area contributed by atoms with Crippen LogP contribution in [0, 0.1) is 0 Å². The SMILES string of the molecule is COc1cc(/C=N/NC(=O)Cc2ccccc2)ccc1OCC(=O)Nc1ccccc1. The molecule has 0 unspecified atom stereocenters. The Kier molecular flexibility index (Phi) is 7.77. The van der Waals surface area contributed by atoms with E-state index in [9.17, 15) is 9.59 Å². The standard InChI is InChI=1S/C24H23N3O4/c1-30-22-14-19(16-25-27-23(28)15-18-8-4-2-5-9-18)12-13-21(22)31-17-24(29)26-20-10-6-3-7-11-20/h2-14,16H,15,17H2,1H3,(H,26,29)(H,27,28)/b25-16+. The first kappa shape index (κ1) is 21.6. The molecule has 0 spiro atoms. The lowest BCUT2D eigenvalue weighted by Gasteiger charge is -2.11. The highest BCUT2D eigenvalue weighted by molar-refractivity contribution is 5.92. The van der Waals surface area contributed by atoms with Crippen molar-refractivity contribution in [3.8, 4) is 11.5 Å². The maximum absolute atomic E-state index is 12.1. The Hall–Kier alpha value is -4.13. The highest BCUT2D eigenvalue weighted by Gasteiger charge is 2.09. The predicted octanol–water partition coefficient (Wildman–Crippen LogP) is 3.41. The van der Waals surface area contributed by atoms with E-state index in [2.05, 4.69) is 15.8 Å². The van der Waals surface area contributed by atoms with Gasteiger partial charge in [-0.25, -0.2) is 5.43 Å². The zero-order valence-electron chi connectivity index (χ0n) is 17.1. The van der Waals surface area contributed by atoms with Crippen LogP contribution >= 0.6 is 0 Å². The van der Waals surface area contributed by atoms with Gasteiger partial charge in [0, 0.05) is 5.69 Å². The van der Waals surface area contributed by atoms with Gasteiger partial charge in [0.05, 0.1) is 19.7 Å². The van der Waals surface area contributed by atoms with Crippen LogP contribution in [-0.4, -0.2) is 31.7 Å². The number of anilines is 1. The molecule has 0 aliphatic heterocycles. The molecular formula is C24H23N3O4. The number of hydrogen-bond acceptors (Lipinski definition) is 5. The topological polar surface area (TPSA) is 89.0 Å². The lowest BCUT2D eigenvalue weighted by Crippen LogP contribution is -2.20. The number of amides is 2. The van der Waals surface area contributed by atoms with Crippen molar-refractivity contribution in [2.24, 2.45) is 5.10 Å². The van der Waals surface area contributed by atoms with E-state index in [4.69, 9.17) is 9.47 Å². The smallest absolute Gasteiger partial charge is 0.262 e. The first-order valence-corrected chi connectivity index (χ1v) is 9.65. The Morgan fingerprint density at radius 2 is 1.61 bits per heavy atom. The Morgan fingerprint density at radius 3 is 2.32 bits per heavy atom. The number of para-hydroxylation sites is 1. The number of nitrogens with one attached hydrogen (secondary N) is 2. The van der Waals surface area contributed by atoms with Crippen LogP contribution < -0.4 is 20.2 Å². The van der Waals surface area contributed by atoms with Gasteiger partial charge in [-0.2, -0.15) is 5.10 Å². The van der Waals surface area contributed by atoms with E-state index in [0.717, 1.165) is 5.56 Å². The molecule has 3 aromatic rings. The summed E-state index contributed by atoms with van der Waals surface area (Å²) in [6.07, 6.45) is 1.76. The third-order valence-electron chi connectivity index (χ3n) is 4.21. The number of hydrazone groups is 1. The van der Waals surface area contributed by atoms with Crippen LogP contribution in [0.2, 0.25) is 0 Å². The highest BCUT2D eigenvalue weighted by atomic mass is 16.5. The number of hydrogen-bond donors (Lipinski definition) is 2. The van der Waals surface area contributed by atoms with Gasteiger partial charge < -0.3 is 14.8 Å². The Morgan fingerprint density at radius 1 is 0.903 bits per heavy atom. The molecule has 0 aliphatic rings. The van der Waals surface area contributed by atoms with Gasteiger partial charge in [0.25, 0.3) is 5.91 Å². The molecule has 0 bridgehead atoms. The van der Waals surface area contributed by atoms with Crippen molar-refractivity contribution >= 4 is 23.7 Å². The third kappa shape index (κ3) is 7.01. The molecule has 0 radical (unpaired) electrons. The average Bonchev–Trinajstić information content (AvgIpc) is 2.79. The zero-order valence-corrected chi connectivity index (χ0v) is 17.1. The molecule has 2 amide bonds. The molecule has 2 N–H and O–H groups in total. The number of carbonyl (C=O) groups is 2. The fraction of sp³-hybridized carbons (Fsp3) is 0.125. The minimum absolute atomic E-state index is 0.158. The summed E-state index contributed by atoms with van der Waals surface area (Å²) in [6, 6.07) is 23.7. The van der Waals surface area contributed by atoms with E-state index in [-0.39, 0.29) is 24.8 Å². The summed E-state index contributed by atoms with van der Waals surface area (Å²) in [5, 5.41) is 6.73. The van der Waals surface area contributed by atoms with Gasteiger partial charge in [-0.15, -0.1) is 0 Å². The minimum atomic E-state index is -0.278. The van der Waals surface area contributed by atoms with E-state index in [1.54, 1.807) is 30.3 Å². The molecule has 0 aliphatic carbocycles. The second-order valence-electron chi connectivity index (χ2n) is 6.57. The first-order chi connectivity index (χ1) is 15.1. The van der Waals surface area contributed by atoms with Crippen molar-refractivity contribution < 1.29 is 19.1 Å². The maximum atomic E-state index is 12.1. The number of methoxy groups -OCH3 is 1. The molecule has 7 nitrogen and oxygen atoms in total. The molecule has 3 aromatic carbocycles. The number of ether oxygens (including phenoxy) is 2. The van der Waals surface area contributed by atoms with Crippen LogP contribution in [0.15, 0.2) is 84.0 Å². The quantitative estimate of drug-likeness (QED) is 0.413. The van der Waals surface area contributed by atoms with Crippen LogP contribution in [0.25, 0.3) is 0 Å². The lowest BCUT2D eigenvalue weighted by molar-refractivity contribution is -0.120. The van der Waals surface area contributed by atoms with Crippen molar-refractivity contribution in [1.82, 2.24) is 5.43 Å². The molecule has 0 fully saturated rings. The van der Waals surface area contributed by atoms with Crippen molar-refractivity contribution in [2.75, 3.05) is 19.0 Å². The van der Waals surface area contributed by atoms with E-state index in [1.807, 2.05) is 48.5 Å². The zero-order chi connectivity index (χ0) is 21.9. The molecule has 3 rings (SSSR count). The Labute approximate surface area is 180 Å². The van der Waals surface area contributed by atoms with Crippen LogP contribution in [-0.2, 0) is 16.0 Å². The van der Waals surface area contributed by atoms with Gasteiger partial charge >= 0.3 is 0 Å². The molecular weight excluding hydrogens is 394 g/mol. The van der Waals surface area contributed by atoms with Crippen LogP contribution in [0.4, 0.5) is 5.69 Å². The summed E-state index contributed by atoms with van der Waals surface area (Å²) < 4.78 is 10.9. The van der Waals surface area contributed by atoms with Crippen LogP contribution in [0.3, 0.4) is 0 Å². The highest BCUT2D eigenvalue weighted by Crippen LogP contribution is 2.27. The monoisotopic (exact) mass is 417 g/mol. The lowest BCUT2D eigenvalue weighted by atomic mass is 10.1. The van der Waals surface area contributed by atoms with Crippen molar-refractivity contribution in [1.29, 1.82) is 0 Å². The van der Waals surface area contributed by atoms with Crippen molar-refractivity contribution in [3.63, 3.8) is 0 Å². The largest absolute Gasteiger partial charge is 0.493 e. The van der Waals surface area contributed by atoms with E-state index >= 15 is 0 Å². The third-order valence-corrected chi connectivity index (χ3v) is 4.21. The molecule has 31 heavy (non-hydrogen) atoms. The molecule has 0 saturated carbocycles. The van der Waals surface area contributed by atoms with Gasteiger partial charge in [0.2, 0.25) is 5.91 Å². The molecule has 158 valence electrons. The summed E-state index contributed by atoms with van der Waals surface area (Å²) in [7, 11) is 1.51. The summed E-state index contributed by atoms with van der Waals surface area (Å²) in [5.74, 6) is 0.391. The van der Waals surface area contributed by atoms with Gasteiger partial charge in [-0.3, -0.25) is 9.59 Å². The number of rotatable bonds is 9. The van der Waals surface area contributed by atoms with E-state index in [0.29, 0.717) is 22.7 Å². The summed E-state index contributed by atoms with van der Waals surface area (Å²) >= 11 is 0. The number of benzene rings is 3. The van der Waals surface area contributed by atoms with Gasteiger partial charge in [0.15, 0.2) is 18.1 Å². The molecule has 0 atom stereocenters. The van der Waals surface area contributed by atoms with Crippen molar-refractivity contribution in [2.45, 2.75) is 6.42 Å². The summed E-state index contributed by atoms with van der Waals surface area (Å²) in [5.41, 5.74) is 4.82. The van der Waals surface area contributed by atoms with Gasteiger partial charge in [0.1, 0.15) is 0 Å². The summed E-state index contributed by atoms with van der Waals surface area (Å²) in [6.45, 7) is -0.158. The molecule has 0 aromatic heterocycles. The number of nitrogens with zero attached hydrogens (tertiary/aromatic N) is 1. The summed E-state index contributed by atoms with van der Waals surface area (Å²) in [4.78, 5) is 24.0. The van der Waals surface area contributed by atoms with Crippen LogP contribution in [0.1, 0.15) is 11.1 Å². The Bertz CT molecular complexity index is 1040. The second kappa shape index (κ2) is 11.2.